The maximum atomic E-state index is 12.3. The fourth-order valence-electron chi connectivity index (χ4n) is 2.70. The number of carbonyl (C=O) groups excluding carboxylic acids is 1. The number of anilines is 1. The van der Waals surface area contributed by atoms with E-state index in [1.807, 2.05) is 18.2 Å². The molecule has 0 radical (unpaired) electrons. The summed E-state index contributed by atoms with van der Waals surface area (Å²) < 4.78 is 10.6. The van der Waals surface area contributed by atoms with E-state index >= 15 is 0 Å². The molecular formula is C15H14N4O3. The second-order valence-corrected chi connectivity index (χ2v) is 5.25. The zero-order valence-electron chi connectivity index (χ0n) is 11.8. The Morgan fingerprint density at radius 2 is 2.14 bits per heavy atom. The van der Waals surface area contributed by atoms with Crippen LogP contribution in [0.5, 0.6) is 11.5 Å². The average Bonchev–Trinajstić information content (AvgIpc) is 3.09. The number of amides is 1. The van der Waals surface area contributed by atoms with E-state index in [1.165, 1.54) is 6.20 Å². The van der Waals surface area contributed by atoms with Gasteiger partial charge in [-0.25, -0.2) is 9.97 Å². The van der Waals surface area contributed by atoms with Crippen molar-refractivity contribution in [1.82, 2.24) is 14.9 Å². The normalized spacial score (nSPS) is 15.3. The van der Waals surface area contributed by atoms with Gasteiger partial charge in [-0.3, -0.25) is 4.79 Å². The highest BCUT2D eigenvalue weighted by molar-refractivity contribution is 5.97. The minimum Gasteiger partial charge on any atom is -0.454 e. The summed E-state index contributed by atoms with van der Waals surface area (Å²) in [6.07, 6.45) is 2.24. The van der Waals surface area contributed by atoms with Gasteiger partial charge in [0.15, 0.2) is 11.5 Å². The van der Waals surface area contributed by atoms with Crippen molar-refractivity contribution in [3.8, 4) is 11.5 Å². The number of ether oxygens (including phenoxy) is 2. The number of nitrogens with zero attached hydrogens (tertiary/aromatic N) is 3. The molecule has 112 valence electrons. The molecule has 0 aliphatic carbocycles. The minimum atomic E-state index is -0.0456. The summed E-state index contributed by atoms with van der Waals surface area (Å²) in [7, 11) is 0. The molecule has 1 aromatic heterocycles. The standard InChI is InChI=1S/C15H14N4O3/c16-15-17-6-10-11(18-15)7-19(14(10)20)4-3-9-1-2-12-13(5-9)22-8-21-12/h1-2,5-6H,3-4,7-8H2,(H2,16,17,18). The maximum absolute atomic E-state index is 12.3. The zero-order chi connectivity index (χ0) is 15.1. The highest BCUT2D eigenvalue weighted by Crippen LogP contribution is 2.32. The Bertz CT molecular complexity index is 762. The fourth-order valence-corrected chi connectivity index (χ4v) is 2.70. The molecule has 0 unspecified atom stereocenters. The second-order valence-electron chi connectivity index (χ2n) is 5.25. The molecule has 2 aliphatic rings. The number of hydrogen-bond donors (Lipinski definition) is 1. The molecule has 1 amide bonds. The molecule has 2 N–H and O–H groups in total. The molecule has 0 fully saturated rings. The molecule has 1 aromatic carbocycles. The molecule has 0 saturated carbocycles. The van der Waals surface area contributed by atoms with E-state index in [2.05, 4.69) is 9.97 Å². The van der Waals surface area contributed by atoms with E-state index < -0.39 is 0 Å². The van der Waals surface area contributed by atoms with Crippen LogP contribution in [0.1, 0.15) is 21.6 Å². The monoisotopic (exact) mass is 298 g/mol. The lowest BCUT2D eigenvalue weighted by Crippen LogP contribution is -2.26. The van der Waals surface area contributed by atoms with E-state index in [1.54, 1.807) is 4.90 Å². The number of carbonyl (C=O) groups is 1. The Labute approximate surface area is 126 Å². The number of hydrogen-bond acceptors (Lipinski definition) is 6. The van der Waals surface area contributed by atoms with Crippen molar-refractivity contribution in [1.29, 1.82) is 0 Å². The SMILES string of the molecule is Nc1ncc2c(n1)CN(CCc1ccc3c(c1)OCO3)C2=O. The largest absolute Gasteiger partial charge is 0.454 e. The van der Waals surface area contributed by atoms with Crippen molar-refractivity contribution in [2.75, 3.05) is 19.1 Å². The van der Waals surface area contributed by atoms with Crippen LogP contribution in [0, 0.1) is 0 Å². The molecule has 0 saturated heterocycles. The molecule has 0 bridgehead atoms. The Hall–Kier alpha value is -2.83. The average molecular weight is 298 g/mol. The van der Waals surface area contributed by atoms with Gasteiger partial charge >= 0.3 is 0 Å². The first-order valence-corrected chi connectivity index (χ1v) is 7.00. The number of nitrogens with two attached hydrogens (primary N) is 1. The van der Waals surface area contributed by atoms with Crippen LogP contribution in [0.4, 0.5) is 5.95 Å². The Kier molecular flexibility index (Phi) is 2.85. The summed E-state index contributed by atoms with van der Waals surface area (Å²) in [5.41, 5.74) is 7.90. The molecule has 2 aromatic rings. The number of rotatable bonds is 3. The van der Waals surface area contributed by atoms with E-state index in [9.17, 15) is 4.79 Å². The smallest absolute Gasteiger partial charge is 0.257 e. The molecule has 2 aliphatic heterocycles. The summed E-state index contributed by atoms with van der Waals surface area (Å²) in [5.74, 6) is 1.67. The molecule has 0 atom stereocenters. The first-order chi connectivity index (χ1) is 10.7. The summed E-state index contributed by atoms with van der Waals surface area (Å²) in [6.45, 7) is 1.35. The highest BCUT2D eigenvalue weighted by atomic mass is 16.7. The van der Waals surface area contributed by atoms with Crippen LogP contribution in [0.3, 0.4) is 0 Å². The van der Waals surface area contributed by atoms with Gasteiger partial charge in [0.25, 0.3) is 5.91 Å². The Morgan fingerprint density at radius 3 is 3.05 bits per heavy atom. The predicted octanol–water partition coefficient (Wildman–Crippen LogP) is 0.986. The van der Waals surface area contributed by atoms with Crippen LogP contribution in [0.2, 0.25) is 0 Å². The number of benzene rings is 1. The fraction of sp³-hybridized carbons (Fsp3) is 0.267. The van der Waals surface area contributed by atoms with Gasteiger partial charge in [-0.15, -0.1) is 0 Å². The van der Waals surface area contributed by atoms with Gasteiger partial charge in [-0.05, 0) is 24.1 Å². The molecule has 4 rings (SSSR count). The van der Waals surface area contributed by atoms with Crippen LogP contribution in [-0.4, -0.2) is 34.1 Å². The Balaban J connectivity index is 1.46. The third-order valence-electron chi connectivity index (χ3n) is 3.85. The second kappa shape index (κ2) is 4.87. The topological polar surface area (TPSA) is 90.6 Å². The third kappa shape index (κ3) is 2.11. The highest BCUT2D eigenvalue weighted by Gasteiger charge is 2.29. The summed E-state index contributed by atoms with van der Waals surface area (Å²) in [4.78, 5) is 22.0. The van der Waals surface area contributed by atoms with E-state index in [0.29, 0.717) is 24.3 Å². The van der Waals surface area contributed by atoms with Crippen molar-refractivity contribution in [3.63, 3.8) is 0 Å². The van der Waals surface area contributed by atoms with Gasteiger partial charge in [-0.1, -0.05) is 6.07 Å². The van der Waals surface area contributed by atoms with E-state index in [0.717, 1.165) is 23.5 Å². The summed E-state index contributed by atoms with van der Waals surface area (Å²) >= 11 is 0. The van der Waals surface area contributed by atoms with Gasteiger partial charge in [-0.2, -0.15) is 0 Å². The molecule has 3 heterocycles. The van der Waals surface area contributed by atoms with Crippen LogP contribution in [-0.2, 0) is 13.0 Å². The van der Waals surface area contributed by atoms with Gasteiger partial charge in [0, 0.05) is 12.7 Å². The van der Waals surface area contributed by atoms with Crippen molar-refractivity contribution in [3.05, 3.63) is 41.2 Å². The quantitative estimate of drug-likeness (QED) is 0.908. The lowest BCUT2D eigenvalue weighted by molar-refractivity contribution is 0.0780. The molecular weight excluding hydrogens is 284 g/mol. The Morgan fingerprint density at radius 1 is 1.27 bits per heavy atom. The van der Waals surface area contributed by atoms with E-state index in [4.69, 9.17) is 15.2 Å². The maximum Gasteiger partial charge on any atom is 0.257 e. The lowest BCUT2D eigenvalue weighted by atomic mass is 10.1. The molecule has 22 heavy (non-hydrogen) atoms. The first kappa shape index (κ1) is 12.9. The number of aromatic nitrogens is 2. The molecule has 7 heteroatoms. The van der Waals surface area contributed by atoms with Crippen molar-refractivity contribution in [2.24, 2.45) is 0 Å². The van der Waals surface area contributed by atoms with Gasteiger partial charge in [0.05, 0.1) is 17.8 Å². The molecule has 0 spiro atoms. The van der Waals surface area contributed by atoms with Crippen LogP contribution in [0.25, 0.3) is 0 Å². The molecule has 7 nitrogen and oxygen atoms in total. The van der Waals surface area contributed by atoms with Crippen LogP contribution in [0.15, 0.2) is 24.4 Å². The van der Waals surface area contributed by atoms with Gasteiger partial charge in [0.1, 0.15) is 0 Å². The van der Waals surface area contributed by atoms with Gasteiger partial charge < -0.3 is 20.1 Å². The van der Waals surface area contributed by atoms with Crippen molar-refractivity contribution < 1.29 is 14.3 Å². The van der Waals surface area contributed by atoms with Crippen LogP contribution < -0.4 is 15.2 Å². The summed E-state index contributed by atoms with van der Waals surface area (Å²) in [6, 6.07) is 5.83. The van der Waals surface area contributed by atoms with Crippen molar-refractivity contribution in [2.45, 2.75) is 13.0 Å². The first-order valence-electron chi connectivity index (χ1n) is 7.00. The number of fused-ring (bicyclic) bond motifs is 2. The predicted molar refractivity (Wildman–Crippen MR) is 77.5 cm³/mol. The van der Waals surface area contributed by atoms with Gasteiger partial charge in [0.2, 0.25) is 12.7 Å². The third-order valence-corrected chi connectivity index (χ3v) is 3.85. The van der Waals surface area contributed by atoms with Crippen LogP contribution >= 0.6 is 0 Å². The van der Waals surface area contributed by atoms with E-state index in [-0.39, 0.29) is 18.6 Å². The lowest BCUT2D eigenvalue weighted by Gasteiger charge is -2.15. The zero-order valence-corrected chi connectivity index (χ0v) is 11.8. The van der Waals surface area contributed by atoms with Crippen molar-refractivity contribution >= 4 is 11.9 Å². The number of nitrogen functional groups attached to an aromatic ring is 1. The summed E-state index contributed by atoms with van der Waals surface area (Å²) in [5, 5.41) is 0. The minimum absolute atomic E-state index is 0.0456.